The van der Waals surface area contributed by atoms with Crippen molar-refractivity contribution in [2.24, 2.45) is 4.52 Å². The molecule has 0 aromatic heterocycles. The molecule has 1 aromatic rings. The largest absolute Gasteiger partial charge is 0.356 e. The van der Waals surface area contributed by atoms with Crippen molar-refractivity contribution in [3.8, 4) is 0 Å². The van der Waals surface area contributed by atoms with Gasteiger partial charge < -0.3 is 0 Å². The summed E-state index contributed by atoms with van der Waals surface area (Å²) in [6.07, 6.45) is 0. The maximum Gasteiger partial charge on any atom is 0.356 e. The van der Waals surface area contributed by atoms with E-state index in [4.69, 9.17) is 4.52 Å². The van der Waals surface area contributed by atoms with E-state index in [0.29, 0.717) is 0 Å². The number of hydrogen-bond donors (Lipinski definition) is 0. The molecule has 0 saturated carbocycles. The highest BCUT2D eigenvalue weighted by Crippen LogP contribution is 2.74. The van der Waals surface area contributed by atoms with Crippen molar-refractivity contribution < 1.29 is 0 Å². The number of rotatable bonds is 10. The molecular weight excluding hydrogens is 419 g/mol. The fourth-order valence-corrected chi connectivity index (χ4v) is 13.5. The third kappa shape index (κ3) is 5.66. The van der Waals surface area contributed by atoms with E-state index in [1.54, 1.807) is 0 Å². The second-order valence-electron chi connectivity index (χ2n) is 8.12. The Morgan fingerprint density at radius 3 is 1.52 bits per heavy atom. The predicted octanol–water partition coefficient (Wildman–Crippen LogP) is 3.44. The second kappa shape index (κ2) is 11.1. The van der Waals surface area contributed by atoms with E-state index in [0.717, 1.165) is 13.1 Å². The Morgan fingerprint density at radius 2 is 1.21 bits per heavy atom. The van der Waals surface area contributed by atoms with Crippen LogP contribution in [0.25, 0.3) is 0 Å². The summed E-state index contributed by atoms with van der Waals surface area (Å²) in [4.78, 5) is 0. The van der Waals surface area contributed by atoms with Crippen LogP contribution in [0.4, 0.5) is 0 Å². The zero-order valence-corrected chi connectivity index (χ0v) is 23.3. The van der Waals surface area contributed by atoms with Crippen molar-refractivity contribution in [3.63, 3.8) is 0 Å². The van der Waals surface area contributed by atoms with Crippen molar-refractivity contribution in [1.29, 1.82) is 0 Å². The molecule has 0 spiro atoms. The van der Waals surface area contributed by atoms with E-state index >= 15 is 0 Å². The van der Waals surface area contributed by atoms with Gasteiger partial charge in [-0.2, -0.15) is 0 Å². The van der Waals surface area contributed by atoms with Gasteiger partial charge in [0.1, 0.15) is 0 Å². The standard InChI is InChI=1S/C19H43N7P3/c1-12-26(17-18-13-15-19(27)16-14-18)29(24(8)9,25(10)11)20-28(21(2)3,22(4)5)23(6)7/h13-16H,12,17,27H2,1-11H3/q+1. The molecule has 1 atom stereocenters. The highest BCUT2D eigenvalue weighted by Gasteiger charge is 2.55. The lowest BCUT2D eigenvalue weighted by Gasteiger charge is -2.45. The Balaban J connectivity index is 3.76. The second-order valence-corrected chi connectivity index (χ2v) is 16.2. The van der Waals surface area contributed by atoms with E-state index < -0.39 is 15.4 Å². The molecule has 1 rings (SSSR count). The summed E-state index contributed by atoms with van der Waals surface area (Å²) in [5.74, 6) is 0. The number of hydrogen-bond acceptors (Lipinski definition) is 4. The average Bonchev–Trinajstić information content (AvgIpc) is 2.61. The van der Waals surface area contributed by atoms with Gasteiger partial charge >= 0.3 is 7.87 Å². The number of nitrogens with zero attached hydrogens (tertiary/aromatic N) is 7. The van der Waals surface area contributed by atoms with Crippen molar-refractivity contribution in [3.05, 3.63) is 29.8 Å². The molecule has 0 amide bonds. The first-order valence-electron chi connectivity index (χ1n) is 9.88. The molecule has 168 valence electrons. The predicted molar refractivity (Wildman–Crippen MR) is 137 cm³/mol. The van der Waals surface area contributed by atoms with Crippen molar-refractivity contribution in [1.82, 2.24) is 28.0 Å². The molecule has 29 heavy (non-hydrogen) atoms. The molecule has 0 N–H and O–H groups in total. The Morgan fingerprint density at radius 1 is 0.793 bits per heavy atom. The van der Waals surface area contributed by atoms with Crippen molar-refractivity contribution in [2.75, 3.05) is 77.0 Å². The van der Waals surface area contributed by atoms with Crippen LogP contribution in [0.5, 0.6) is 0 Å². The van der Waals surface area contributed by atoms with Gasteiger partial charge in [-0.1, -0.05) is 24.3 Å². The maximum absolute atomic E-state index is 5.80. The fraction of sp³-hybridized carbons (Fsp3) is 0.684. The molecule has 0 fully saturated rings. The Labute approximate surface area is 183 Å². The molecule has 0 heterocycles. The van der Waals surface area contributed by atoms with Crippen LogP contribution in [0.1, 0.15) is 12.5 Å². The van der Waals surface area contributed by atoms with Crippen LogP contribution in [0.2, 0.25) is 0 Å². The van der Waals surface area contributed by atoms with Crippen molar-refractivity contribution >= 4 is 29.9 Å². The van der Waals surface area contributed by atoms with Gasteiger partial charge in [0.05, 0.1) is 6.54 Å². The molecule has 0 aliphatic rings. The lowest BCUT2D eigenvalue weighted by Crippen LogP contribution is -2.40. The summed E-state index contributed by atoms with van der Waals surface area (Å²) in [7, 11) is 20.1. The van der Waals surface area contributed by atoms with Crippen LogP contribution in [0.3, 0.4) is 0 Å². The van der Waals surface area contributed by atoms with Gasteiger partial charge in [-0.15, -0.1) is 23.3 Å². The van der Waals surface area contributed by atoms with Crippen molar-refractivity contribution in [2.45, 2.75) is 13.5 Å². The lowest BCUT2D eigenvalue weighted by molar-refractivity contribution is 0.377. The quantitative estimate of drug-likeness (QED) is 0.496. The maximum atomic E-state index is 5.80. The first-order valence-corrected chi connectivity index (χ1v) is 13.7. The van der Waals surface area contributed by atoms with Crippen LogP contribution >= 0.6 is 24.6 Å². The first kappa shape index (κ1) is 27.1. The smallest absolute Gasteiger partial charge is 0.249 e. The fourth-order valence-electron chi connectivity index (χ4n) is 3.78. The molecule has 1 unspecified atom stereocenters. The molecule has 0 radical (unpaired) electrons. The van der Waals surface area contributed by atoms with E-state index in [1.165, 1.54) is 10.9 Å². The molecule has 0 aliphatic carbocycles. The Kier molecular flexibility index (Phi) is 10.4. The zero-order valence-electron chi connectivity index (χ0n) is 20.3. The minimum Gasteiger partial charge on any atom is -0.249 e. The Hall–Kier alpha value is 0.0700. The van der Waals surface area contributed by atoms with Gasteiger partial charge in [0.2, 0.25) is 7.51 Å². The van der Waals surface area contributed by atoms with E-state index in [2.05, 4.69) is 139 Å². The molecule has 7 nitrogen and oxygen atoms in total. The summed E-state index contributed by atoms with van der Waals surface area (Å²) in [6.45, 7) is 4.02. The topological polar surface area (TPSA) is 31.8 Å². The van der Waals surface area contributed by atoms with Gasteiger partial charge in [0.25, 0.3) is 0 Å². The minimum absolute atomic E-state index is 0.864. The molecule has 10 heteroatoms. The monoisotopic (exact) mass is 462 g/mol. The van der Waals surface area contributed by atoms with Gasteiger partial charge in [-0.05, 0) is 64.6 Å². The minimum atomic E-state index is -2.17. The highest BCUT2D eigenvalue weighted by atomic mass is 31.2. The van der Waals surface area contributed by atoms with Crippen LogP contribution in [0, 0.1) is 0 Å². The van der Waals surface area contributed by atoms with Crippen LogP contribution in [-0.2, 0) is 6.54 Å². The highest BCUT2D eigenvalue weighted by molar-refractivity contribution is 7.75. The molecule has 1 aromatic carbocycles. The summed E-state index contributed by atoms with van der Waals surface area (Å²) in [6, 6.07) is 8.76. The Bertz CT molecular complexity index is 651. The molecular formula is C19H43N7P3+. The van der Waals surface area contributed by atoms with Crippen LogP contribution in [-0.4, -0.2) is 105 Å². The van der Waals surface area contributed by atoms with Gasteiger partial charge in [-0.25, -0.2) is 14.0 Å². The number of benzene rings is 1. The third-order valence-electron chi connectivity index (χ3n) is 5.01. The van der Waals surface area contributed by atoms with Gasteiger partial charge in [0.15, 0.2) is 0 Å². The van der Waals surface area contributed by atoms with Gasteiger partial charge in [0, 0.05) is 34.7 Å². The normalized spacial score (nSPS) is 13.6. The van der Waals surface area contributed by atoms with E-state index in [-0.39, 0.29) is 0 Å². The summed E-state index contributed by atoms with van der Waals surface area (Å²) >= 11 is 0. The summed E-state index contributed by atoms with van der Waals surface area (Å²) in [5, 5.41) is 1.21. The van der Waals surface area contributed by atoms with E-state index in [1.807, 2.05) is 0 Å². The first-order chi connectivity index (χ1) is 13.4. The van der Waals surface area contributed by atoms with Crippen LogP contribution < -0.4 is 5.30 Å². The third-order valence-corrected chi connectivity index (χ3v) is 13.9. The molecule has 0 saturated heterocycles. The van der Waals surface area contributed by atoms with Crippen LogP contribution in [0.15, 0.2) is 28.8 Å². The lowest BCUT2D eigenvalue weighted by atomic mass is 10.2. The van der Waals surface area contributed by atoms with E-state index in [9.17, 15) is 0 Å². The van der Waals surface area contributed by atoms with Gasteiger partial charge in [-0.3, -0.25) is 0 Å². The SMILES string of the molecule is CCN(Cc1ccc(P)cc1)[P+](N=P(N(C)C)(N(C)C)N(C)C)(N(C)C)N(C)C. The molecule has 0 aliphatic heterocycles. The zero-order chi connectivity index (χ0) is 22.6. The summed E-state index contributed by atoms with van der Waals surface area (Å²) < 4.78 is 19.9. The average molecular weight is 463 g/mol. The molecule has 0 bridgehead atoms. The summed E-state index contributed by atoms with van der Waals surface area (Å²) in [5.41, 5.74) is 1.31.